The second-order valence-electron chi connectivity index (χ2n) is 7.23. The van der Waals surface area contributed by atoms with Crippen LogP contribution in [0.1, 0.15) is 31.8 Å². The average Bonchev–Trinajstić information content (AvgIpc) is 3.17. The summed E-state index contributed by atoms with van der Waals surface area (Å²) in [5.41, 5.74) is 3.89. The fourth-order valence-corrected chi connectivity index (χ4v) is 3.88. The van der Waals surface area contributed by atoms with Crippen molar-refractivity contribution < 1.29 is 14.3 Å². The molecule has 1 heterocycles. The van der Waals surface area contributed by atoms with Gasteiger partial charge in [0.15, 0.2) is 0 Å². The van der Waals surface area contributed by atoms with E-state index in [1.165, 1.54) is 11.1 Å². The molecule has 140 valence electrons. The van der Waals surface area contributed by atoms with E-state index >= 15 is 0 Å². The number of morpholine rings is 1. The van der Waals surface area contributed by atoms with Gasteiger partial charge in [-0.1, -0.05) is 24.3 Å². The Morgan fingerprint density at radius 3 is 2.07 bits per heavy atom. The topological polar surface area (TPSA) is 49.9 Å². The van der Waals surface area contributed by atoms with E-state index in [-0.39, 0.29) is 17.9 Å². The molecule has 0 unspecified atom stereocenters. The summed E-state index contributed by atoms with van der Waals surface area (Å²) in [5, 5.41) is 0. The van der Waals surface area contributed by atoms with Crippen LogP contribution in [0.4, 0.5) is 0 Å². The van der Waals surface area contributed by atoms with Gasteiger partial charge in [-0.05, 0) is 48.2 Å². The average molecular weight is 364 g/mol. The minimum Gasteiger partial charge on any atom is -0.378 e. The molecule has 2 aromatic rings. The van der Waals surface area contributed by atoms with E-state index < -0.39 is 0 Å². The molecule has 0 spiro atoms. The van der Waals surface area contributed by atoms with Crippen LogP contribution >= 0.6 is 0 Å². The zero-order valence-electron chi connectivity index (χ0n) is 15.6. The number of rotatable bonds is 3. The van der Waals surface area contributed by atoms with Gasteiger partial charge in [-0.3, -0.25) is 9.59 Å². The SMILES string of the molecule is CN(C(=O)c1ccc(C(=O)N2CCOCC2)cc1)C1Cc2ccccc2C1. The van der Waals surface area contributed by atoms with Crippen LogP contribution in [0.15, 0.2) is 48.5 Å². The van der Waals surface area contributed by atoms with Crippen molar-refractivity contribution in [1.29, 1.82) is 0 Å². The molecular formula is C22H24N2O3. The standard InChI is InChI=1S/C22H24N2O3/c1-23(20-14-18-4-2-3-5-19(18)15-20)21(25)16-6-8-17(9-7-16)22(26)24-10-12-27-13-11-24/h2-9,20H,10-15H2,1H3. The molecule has 0 radical (unpaired) electrons. The molecule has 1 fully saturated rings. The number of likely N-dealkylation sites (N-methyl/N-ethyl adjacent to an activating group) is 1. The van der Waals surface area contributed by atoms with Gasteiger partial charge in [0.2, 0.25) is 0 Å². The Bertz CT molecular complexity index is 816. The Hall–Kier alpha value is -2.66. The molecule has 2 aromatic carbocycles. The highest BCUT2D eigenvalue weighted by Crippen LogP contribution is 2.25. The number of benzene rings is 2. The van der Waals surface area contributed by atoms with E-state index in [1.54, 1.807) is 29.2 Å². The summed E-state index contributed by atoms with van der Waals surface area (Å²) in [7, 11) is 1.87. The fraction of sp³-hybridized carbons (Fsp3) is 0.364. The molecule has 4 rings (SSSR count). The third kappa shape index (κ3) is 3.60. The fourth-order valence-electron chi connectivity index (χ4n) is 3.88. The quantitative estimate of drug-likeness (QED) is 0.840. The number of nitrogens with zero attached hydrogens (tertiary/aromatic N) is 2. The number of amides is 2. The van der Waals surface area contributed by atoms with Crippen molar-refractivity contribution in [3.8, 4) is 0 Å². The van der Waals surface area contributed by atoms with Crippen molar-refractivity contribution >= 4 is 11.8 Å². The van der Waals surface area contributed by atoms with Crippen LogP contribution in [-0.2, 0) is 17.6 Å². The Kier molecular flexibility index (Phi) is 4.94. The molecule has 5 heteroatoms. The molecule has 0 atom stereocenters. The summed E-state index contributed by atoms with van der Waals surface area (Å²) in [6, 6.07) is 15.6. The molecule has 2 aliphatic rings. The van der Waals surface area contributed by atoms with Crippen molar-refractivity contribution in [3.05, 3.63) is 70.8 Å². The maximum absolute atomic E-state index is 12.9. The van der Waals surface area contributed by atoms with Gasteiger partial charge in [0, 0.05) is 37.3 Å². The predicted octanol–water partition coefficient (Wildman–Crippen LogP) is 2.40. The van der Waals surface area contributed by atoms with Crippen molar-refractivity contribution in [1.82, 2.24) is 9.80 Å². The molecule has 0 saturated carbocycles. The molecule has 27 heavy (non-hydrogen) atoms. The van der Waals surface area contributed by atoms with Crippen molar-refractivity contribution in [2.24, 2.45) is 0 Å². The number of ether oxygens (including phenoxy) is 1. The van der Waals surface area contributed by atoms with E-state index in [9.17, 15) is 9.59 Å². The normalized spacial score (nSPS) is 16.9. The Morgan fingerprint density at radius 2 is 1.48 bits per heavy atom. The van der Waals surface area contributed by atoms with Crippen molar-refractivity contribution in [2.45, 2.75) is 18.9 Å². The molecule has 0 bridgehead atoms. The lowest BCUT2D eigenvalue weighted by Crippen LogP contribution is -2.40. The summed E-state index contributed by atoms with van der Waals surface area (Å²) in [5.74, 6) is -0.00456. The monoisotopic (exact) mass is 364 g/mol. The van der Waals surface area contributed by atoms with E-state index in [1.807, 2.05) is 24.1 Å². The summed E-state index contributed by atoms with van der Waals surface area (Å²) in [6.07, 6.45) is 1.79. The van der Waals surface area contributed by atoms with Gasteiger partial charge in [0.05, 0.1) is 13.2 Å². The maximum atomic E-state index is 12.9. The zero-order chi connectivity index (χ0) is 18.8. The third-order valence-electron chi connectivity index (χ3n) is 5.57. The van der Waals surface area contributed by atoms with Gasteiger partial charge >= 0.3 is 0 Å². The number of hydrogen-bond acceptors (Lipinski definition) is 3. The van der Waals surface area contributed by atoms with E-state index in [4.69, 9.17) is 4.74 Å². The summed E-state index contributed by atoms with van der Waals surface area (Å²) in [6.45, 7) is 2.39. The smallest absolute Gasteiger partial charge is 0.254 e. The number of carbonyl (C=O) groups excluding carboxylic acids is 2. The van der Waals surface area contributed by atoms with Crippen LogP contribution < -0.4 is 0 Å². The maximum Gasteiger partial charge on any atom is 0.254 e. The highest BCUT2D eigenvalue weighted by molar-refractivity contribution is 5.98. The first-order valence-corrected chi connectivity index (χ1v) is 9.44. The lowest BCUT2D eigenvalue weighted by Gasteiger charge is -2.27. The zero-order valence-corrected chi connectivity index (χ0v) is 15.6. The van der Waals surface area contributed by atoms with Gasteiger partial charge in [-0.25, -0.2) is 0 Å². The van der Waals surface area contributed by atoms with Gasteiger partial charge in [0.25, 0.3) is 11.8 Å². The first kappa shape index (κ1) is 17.7. The van der Waals surface area contributed by atoms with Crippen molar-refractivity contribution in [3.63, 3.8) is 0 Å². The number of fused-ring (bicyclic) bond motifs is 1. The van der Waals surface area contributed by atoms with Crippen LogP contribution in [0.3, 0.4) is 0 Å². The lowest BCUT2D eigenvalue weighted by atomic mass is 10.1. The molecule has 5 nitrogen and oxygen atoms in total. The van der Waals surface area contributed by atoms with E-state index in [0.29, 0.717) is 37.4 Å². The molecular weight excluding hydrogens is 340 g/mol. The Balaban J connectivity index is 1.42. The minimum absolute atomic E-state index is 0.00169. The highest BCUT2D eigenvalue weighted by atomic mass is 16.5. The van der Waals surface area contributed by atoms with E-state index in [2.05, 4.69) is 12.1 Å². The van der Waals surface area contributed by atoms with Crippen molar-refractivity contribution in [2.75, 3.05) is 33.4 Å². The van der Waals surface area contributed by atoms with Gasteiger partial charge in [-0.15, -0.1) is 0 Å². The Morgan fingerprint density at radius 1 is 0.926 bits per heavy atom. The van der Waals surface area contributed by atoms with Crippen LogP contribution in [0.25, 0.3) is 0 Å². The molecule has 2 amide bonds. The summed E-state index contributed by atoms with van der Waals surface area (Å²) in [4.78, 5) is 29.0. The van der Waals surface area contributed by atoms with Gasteiger partial charge in [0.1, 0.15) is 0 Å². The summed E-state index contributed by atoms with van der Waals surface area (Å²) >= 11 is 0. The highest BCUT2D eigenvalue weighted by Gasteiger charge is 2.28. The largest absolute Gasteiger partial charge is 0.378 e. The van der Waals surface area contributed by atoms with Crippen LogP contribution in [0.5, 0.6) is 0 Å². The van der Waals surface area contributed by atoms with Crippen LogP contribution in [0.2, 0.25) is 0 Å². The summed E-state index contributed by atoms with van der Waals surface area (Å²) < 4.78 is 5.29. The number of hydrogen-bond donors (Lipinski definition) is 0. The first-order chi connectivity index (χ1) is 13.1. The Labute approximate surface area is 159 Å². The molecule has 0 aromatic heterocycles. The van der Waals surface area contributed by atoms with E-state index in [0.717, 1.165) is 12.8 Å². The third-order valence-corrected chi connectivity index (χ3v) is 5.57. The first-order valence-electron chi connectivity index (χ1n) is 9.44. The number of carbonyl (C=O) groups is 2. The van der Waals surface area contributed by atoms with Crippen LogP contribution in [0, 0.1) is 0 Å². The predicted molar refractivity (Wildman–Crippen MR) is 103 cm³/mol. The second-order valence-corrected chi connectivity index (χ2v) is 7.23. The lowest BCUT2D eigenvalue weighted by molar-refractivity contribution is 0.0303. The molecule has 1 saturated heterocycles. The molecule has 1 aliphatic heterocycles. The van der Waals surface area contributed by atoms with Gasteiger partial charge in [-0.2, -0.15) is 0 Å². The van der Waals surface area contributed by atoms with Gasteiger partial charge < -0.3 is 14.5 Å². The molecule has 0 N–H and O–H groups in total. The molecule has 1 aliphatic carbocycles. The second kappa shape index (κ2) is 7.53. The minimum atomic E-state index is -0.00287. The van der Waals surface area contributed by atoms with Crippen LogP contribution in [-0.4, -0.2) is 61.0 Å².